The molecule has 0 unspecified atom stereocenters. The molecule has 0 amide bonds. The molecule has 2 N–H and O–H groups in total. The average Bonchev–Trinajstić information content (AvgIpc) is 3.00. The Balaban J connectivity index is 1.60. The van der Waals surface area contributed by atoms with Crippen LogP contribution in [-0.2, 0) is 6.42 Å². The van der Waals surface area contributed by atoms with E-state index < -0.39 is 0 Å². The summed E-state index contributed by atoms with van der Waals surface area (Å²) in [5.74, 6) is 0.359. The van der Waals surface area contributed by atoms with Crippen LogP contribution < -0.4 is 5.43 Å². The number of hydrogen-bond acceptors (Lipinski definition) is 5. The van der Waals surface area contributed by atoms with Crippen molar-refractivity contribution in [3.63, 3.8) is 0 Å². The summed E-state index contributed by atoms with van der Waals surface area (Å²) in [4.78, 5) is 7.74. The molecule has 0 atom stereocenters. The van der Waals surface area contributed by atoms with Crippen LogP contribution >= 0.6 is 0 Å². The van der Waals surface area contributed by atoms with Gasteiger partial charge in [0.05, 0.1) is 6.21 Å². The molecule has 4 rings (SSSR count). The van der Waals surface area contributed by atoms with Gasteiger partial charge in [-0.3, -0.25) is 0 Å². The minimum absolute atomic E-state index is 0.359. The van der Waals surface area contributed by atoms with Gasteiger partial charge >= 0.3 is 0 Å². The highest BCUT2D eigenvalue weighted by molar-refractivity contribution is 6.03. The Bertz CT molecular complexity index is 1060. The van der Waals surface area contributed by atoms with Crippen molar-refractivity contribution in [3.8, 4) is 0 Å². The minimum atomic E-state index is 0.359. The maximum atomic E-state index is 4.46. The van der Waals surface area contributed by atoms with E-state index >= 15 is 0 Å². The minimum Gasteiger partial charge on any atom is -0.338 e. The number of anilines is 1. The lowest BCUT2D eigenvalue weighted by Crippen LogP contribution is -1.99. The van der Waals surface area contributed by atoms with Crippen LogP contribution in [0.5, 0.6) is 0 Å². The second kappa shape index (κ2) is 6.32. The third-order valence-electron chi connectivity index (χ3n) is 4.14. The summed E-state index contributed by atoms with van der Waals surface area (Å²) in [5, 5.41) is 13.6. The average molecular weight is 330 g/mol. The summed E-state index contributed by atoms with van der Waals surface area (Å²) in [6, 6.07) is 14.4. The van der Waals surface area contributed by atoms with Gasteiger partial charge < -0.3 is 4.98 Å². The molecule has 124 valence electrons. The normalized spacial score (nSPS) is 11.6. The Morgan fingerprint density at radius 1 is 1.12 bits per heavy atom. The van der Waals surface area contributed by atoms with E-state index in [0.717, 1.165) is 28.4 Å². The van der Waals surface area contributed by atoms with Crippen LogP contribution in [0.2, 0.25) is 0 Å². The summed E-state index contributed by atoms with van der Waals surface area (Å²) in [5.41, 5.74) is 8.80. The molecule has 0 aliphatic heterocycles. The number of nitrogens with one attached hydrogen (secondary N) is 2. The molecule has 25 heavy (non-hydrogen) atoms. The van der Waals surface area contributed by atoms with Crippen molar-refractivity contribution in [2.75, 3.05) is 5.43 Å². The molecule has 6 heteroatoms. The number of hydrogen-bond donors (Lipinski definition) is 2. The number of rotatable bonds is 4. The number of H-pyrrole nitrogens is 1. The topological polar surface area (TPSA) is 78.9 Å². The van der Waals surface area contributed by atoms with Crippen LogP contribution in [0.15, 0.2) is 47.6 Å². The fraction of sp³-hybridized carbons (Fsp3) is 0.158. The van der Waals surface area contributed by atoms with Crippen molar-refractivity contribution in [1.82, 2.24) is 20.2 Å². The lowest BCUT2D eigenvalue weighted by molar-refractivity contribution is 1.01. The van der Waals surface area contributed by atoms with Crippen molar-refractivity contribution >= 4 is 34.2 Å². The first-order chi connectivity index (χ1) is 12.2. The van der Waals surface area contributed by atoms with Crippen molar-refractivity contribution in [3.05, 3.63) is 59.2 Å². The molecular weight excluding hydrogens is 312 g/mol. The molecule has 2 heterocycles. The fourth-order valence-corrected chi connectivity index (χ4v) is 2.70. The zero-order chi connectivity index (χ0) is 17.2. The molecule has 0 saturated carbocycles. The summed E-state index contributed by atoms with van der Waals surface area (Å²) >= 11 is 0. The predicted octanol–water partition coefficient (Wildman–Crippen LogP) is 3.82. The van der Waals surface area contributed by atoms with Crippen LogP contribution in [0.25, 0.3) is 22.1 Å². The number of aromatic amines is 1. The van der Waals surface area contributed by atoms with Crippen molar-refractivity contribution in [1.29, 1.82) is 0 Å². The highest BCUT2D eigenvalue weighted by Gasteiger charge is 2.09. The van der Waals surface area contributed by atoms with E-state index in [1.807, 2.05) is 24.3 Å². The summed E-state index contributed by atoms with van der Waals surface area (Å²) < 4.78 is 0. The zero-order valence-electron chi connectivity index (χ0n) is 14.1. The lowest BCUT2D eigenvalue weighted by atomic mass is 10.1. The van der Waals surface area contributed by atoms with E-state index in [9.17, 15) is 0 Å². The molecule has 0 aliphatic carbocycles. The highest BCUT2D eigenvalue weighted by Crippen LogP contribution is 2.23. The third-order valence-corrected chi connectivity index (χ3v) is 4.14. The van der Waals surface area contributed by atoms with Gasteiger partial charge in [0.25, 0.3) is 5.95 Å². The zero-order valence-corrected chi connectivity index (χ0v) is 14.1. The Hall–Kier alpha value is -3.28. The van der Waals surface area contributed by atoms with Gasteiger partial charge in [0, 0.05) is 10.9 Å². The molecular formula is C19H18N6. The SMILES string of the molecule is CCc1ccc2[nH]c3nc(NN=Cc4ccc(C)cc4)nnc3c2c1. The smallest absolute Gasteiger partial charge is 0.265 e. The van der Waals surface area contributed by atoms with E-state index in [1.54, 1.807) is 6.21 Å². The molecule has 0 spiro atoms. The molecule has 0 aliphatic rings. The van der Waals surface area contributed by atoms with E-state index in [0.29, 0.717) is 11.6 Å². The first-order valence-electron chi connectivity index (χ1n) is 8.23. The molecule has 0 fully saturated rings. The Morgan fingerprint density at radius 3 is 2.76 bits per heavy atom. The summed E-state index contributed by atoms with van der Waals surface area (Å²) in [6.07, 6.45) is 2.71. The second-order valence-electron chi connectivity index (χ2n) is 5.97. The lowest BCUT2D eigenvalue weighted by Gasteiger charge is -1.98. The summed E-state index contributed by atoms with van der Waals surface area (Å²) in [6.45, 7) is 4.19. The highest BCUT2D eigenvalue weighted by atomic mass is 15.4. The van der Waals surface area contributed by atoms with E-state index in [2.05, 4.69) is 62.7 Å². The molecule has 0 radical (unpaired) electrons. The quantitative estimate of drug-likeness (QED) is 0.440. The number of nitrogens with zero attached hydrogens (tertiary/aromatic N) is 4. The number of aryl methyl sites for hydroxylation is 2. The second-order valence-corrected chi connectivity index (χ2v) is 5.97. The molecule has 6 nitrogen and oxygen atoms in total. The van der Waals surface area contributed by atoms with Crippen LogP contribution in [0.1, 0.15) is 23.6 Å². The first-order valence-corrected chi connectivity index (χ1v) is 8.23. The number of aromatic nitrogens is 4. The van der Waals surface area contributed by atoms with E-state index in [4.69, 9.17) is 0 Å². The molecule has 0 bridgehead atoms. The van der Waals surface area contributed by atoms with Gasteiger partial charge in [-0.15, -0.1) is 10.2 Å². The number of fused-ring (bicyclic) bond motifs is 3. The van der Waals surface area contributed by atoms with Gasteiger partial charge in [0.1, 0.15) is 5.52 Å². The fourth-order valence-electron chi connectivity index (χ4n) is 2.70. The first kappa shape index (κ1) is 15.3. The van der Waals surface area contributed by atoms with Crippen LogP contribution in [0.3, 0.4) is 0 Å². The molecule has 2 aromatic heterocycles. The van der Waals surface area contributed by atoms with Crippen LogP contribution in [-0.4, -0.2) is 26.4 Å². The van der Waals surface area contributed by atoms with Crippen molar-refractivity contribution in [2.45, 2.75) is 20.3 Å². The number of hydrazone groups is 1. The van der Waals surface area contributed by atoms with Crippen molar-refractivity contribution < 1.29 is 0 Å². The van der Waals surface area contributed by atoms with Gasteiger partial charge in [0.15, 0.2) is 5.65 Å². The molecule has 2 aromatic carbocycles. The van der Waals surface area contributed by atoms with Crippen LogP contribution in [0.4, 0.5) is 5.95 Å². The van der Waals surface area contributed by atoms with Gasteiger partial charge in [-0.1, -0.05) is 42.8 Å². The van der Waals surface area contributed by atoms with Crippen LogP contribution in [0, 0.1) is 6.92 Å². The molecule has 4 aromatic rings. The predicted molar refractivity (Wildman–Crippen MR) is 101 cm³/mol. The van der Waals surface area contributed by atoms with Crippen molar-refractivity contribution in [2.24, 2.45) is 5.10 Å². The van der Waals surface area contributed by atoms with Gasteiger partial charge in [0.2, 0.25) is 0 Å². The standard InChI is InChI=1S/C19H18N6/c1-3-13-8-9-16-15(10-13)17-18(21-16)22-19(25-23-17)24-20-11-14-6-4-12(2)5-7-14/h4-11H,3H2,1-2H3,(H2,21,22,24,25). The Kier molecular flexibility index (Phi) is 3.85. The van der Waals surface area contributed by atoms with E-state index in [1.165, 1.54) is 11.1 Å². The Labute approximate surface area is 145 Å². The van der Waals surface area contributed by atoms with Gasteiger partial charge in [-0.25, -0.2) is 5.43 Å². The Morgan fingerprint density at radius 2 is 1.96 bits per heavy atom. The van der Waals surface area contributed by atoms with Gasteiger partial charge in [-0.05, 0) is 36.6 Å². The molecule has 0 saturated heterocycles. The number of benzene rings is 2. The summed E-state index contributed by atoms with van der Waals surface area (Å²) in [7, 11) is 0. The third kappa shape index (κ3) is 3.06. The van der Waals surface area contributed by atoms with E-state index in [-0.39, 0.29) is 0 Å². The maximum Gasteiger partial charge on any atom is 0.265 e. The monoisotopic (exact) mass is 330 g/mol. The van der Waals surface area contributed by atoms with Gasteiger partial charge in [-0.2, -0.15) is 10.1 Å². The maximum absolute atomic E-state index is 4.46. The largest absolute Gasteiger partial charge is 0.338 e.